The second-order valence-electron chi connectivity index (χ2n) is 5.45. The van der Waals surface area contributed by atoms with Crippen LogP contribution in [0.25, 0.3) is 5.76 Å². The lowest BCUT2D eigenvalue weighted by Crippen LogP contribution is -2.17. The van der Waals surface area contributed by atoms with Crippen LogP contribution in [-0.4, -0.2) is 25.4 Å². The Morgan fingerprint density at radius 2 is 1.95 bits per heavy atom. The highest BCUT2D eigenvalue weighted by molar-refractivity contribution is 5.65. The van der Waals surface area contributed by atoms with Crippen LogP contribution in [-0.2, 0) is 9.47 Å². The van der Waals surface area contributed by atoms with Crippen molar-refractivity contribution in [3.05, 3.63) is 35.4 Å². The van der Waals surface area contributed by atoms with Gasteiger partial charge in [0.05, 0.1) is 13.7 Å². The molecule has 0 amide bonds. The number of aromatic hydroxyl groups is 1. The summed E-state index contributed by atoms with van der Waals surface area (Å²) in [5.74, 6) is 1.01. The van der Waals surface area contributed by atoms with E-state index in [9.17, 15) is 5.11 Å². The number of ether oxygens (including phenoxy) is 2. The van der Waals surface area contributed by atoms with Crippen LogP contribution in [0.15, 0.2) is 29.8 Å². The van der Waals surface area contributed by atoms with Crippen molar-refractivity contribution < 1.29 is 14.6 Å². The van der Waals surface area contributed by atoms with Gasteiger partial charge in [0.1, 0.15) is 11.5 Å². The fourth-order valence-electron chi connectivity index (χ4n) is 1.89. The molecule has 0 saturated heterocycles. The van der Waals surface area contributed by atoms with Gasteiger partial charge in [-0.15, -0.1) is 0 Å². The van der Waals surface area contributed by atoms with E-state index in [-0.39, 0.29) is 11.2 Å². The molecule has 1 rings (SSSR count). The maximum Gasteiger partial charge on any atom is 0.128 e. The van der Waals surface area contributed by atoms with Crippen molar-refractivity contribution in [3.8, 4) is 5.75 Å². The zero-order valence-corrected chi connectivity index (χ0v) is 12.5. The minimum Gasteiger partial charge on any atom is -0.508 e. The summed E-state index contributed by atoms with van der Waals surface area (Å²) in [7, 11) is 1.65. The Bertz CT molecular complexity index is 442. The fourth-order valence-corrected chi connectivity index (χ4v) is 1.89. The van der Waals surface area contributed by atoms with Crippen LogP contribution in [0.3, 0.4) is 0 Å². The SMILES string of the molecule is CCOCC(=C(OC)c1cccc(O)c1)C(C)(C)C. The molecule has 3 heteroatoms. The molecule has 1 aromatic carbocycles. The third-order valence-electron chi connectivity index (χ3n) is 2.94. The number of rotatable bonds is 5. The normalized spacial score (nSPS) is 13.1. The number of methoxy groups -OCH3 is 1. The molecule has 1 aromatic rings. The first-order valence-corrected chi connectivity index (χ1v) is 6.55. The van der Waals surface area contributed by atoms with Gasteiger partial charge >= 0.3 is 0 Å². The number of phenolic OH excluding ortho intramolecular Hbond substituents is 1. The van der Waals surface area contributed by atoms with Crippen molar-refractivity contribution >= 4 is 5.76 Å². The summed E-state index contributed by atoms with van der Waals surface area (Å²) in [4.78, 5) is 0. The number of hydrogen-bond acceptors (Lipinski definition) is 3. The zero-order valence-electron chi connectivity index (χ0n) is 12.5. The monoisotopic (exact) mass is 264 g/mol. The second kappa shape index (κ2) is 6.62. The maximum atomic E-state index is 9.61. The smallest absolute Gasteiger partial charge is 0.128 e. The molecule has 1 N–H and O–H groups in total. The summed E-state index contributed by atoms with van der Waals surface area (Å²) in [5, 5.41) is 9.61. The predicted molar refractivity (Wildman–Crippen MR) is 78.0 cm³/mol. The van der Waals surface area contributed by atoms with Crippen LogP contribution >= 0.6 is 0 Å². The molecule has 106 valence electrons. The molecule has 0 aromatic heterocycles. The molecule has 0 aliphatic rings. The summed E-state index contributed by atoms with van der Waals surface area (Å²) in [5.41, 5.74) is 1.89. The van der Waals surface area contributed by atoms with Crippen molar-refractivity contribution in [2.75, 3.05) is 20.3 Å². The van der Waals surface area contributed by atoms with Gasteiger partial charge in [-0.05, 0) is 24.5 Å². The number of hydrogen-bond donors (Lipinski definition) is 1. The Morgan fingerprint density at radius 3 is 2.42 bits per heavy atom. The maximum absolute atomic E-state index is 9.61. The van der Waals surface area contributed by atoms with Crippen LogP contribution < -0.4 is 0 Å². The van der Waals surface area contributed by atoms with Crippen LogP contribution in [0.5, 0.6) is 5.75 Å². The second-order valence-corrected chi connectivity index (χ2v) is 5.45. The van der Waals surface area contributed by atoms with Crippen molar-refractivity contribution in [1.29, 1.82) is 0 Å². The molecule has 0 saturated carbocycles. The van der Waals surface area contributed by atoms with Gasteiger partial charge in [-0.25, -0.2) is 0 Å². The summed E-state index contributed by atoms with van der Waals surface area (Å²) in [6.07, 6.45) is 0. The standard InChI is InChI=1S/C16H24O3/c1-6-19-11-14(16(2,3)4)15(18-5)12-8-7-9-13(17)10-12/h7-10,17H,6,11H2,1-5H3. The molecule has 3 nitrogen and oxygen atoms in total. The van der Waals surface area contributed by atoms with E-state index in [1.807, 2.05) is 19.1 Å². The topological polar surface area (TPSA) is 38.7 Å². The number of phenols is 1. The molecule has 0 unspecified atom stereocenters. The average molecular weight is 264 g/mol. The Balaban J connectivity index is 3.29. The van der Waals surface area contributed by atoms with Crippen LogP contribution in [0.2, 0.25) is 0 Å². The van der Waals surface area contributed by atoms with E-state index in [1.54, 1.807) is 19.2 Å². The van der Waals surface area contributed by atoms with Gasteiger partial charge in [0.15, 0.2) is 0 Å². The Morgan fingerprint density at radius 1 is 1.26 bits per heavy atom. The predicted octanol–water partition coefficient (Wildman–Crippen LogP) is 3.83. The van der Waals surface area contributed by atoms with E-state index >= 15 is 0 Å². The third-order valence-corrected chi connectivity index (χ3v) is 2.94. The van der Waals surface area contributed by atoms with Gasteiger partial charge in [0.2, 0.25) is 0 Å². The molecule has 0 aliphatic heterocycles. The molecule has 0 bridgehead atoms. The van der Waals surface area contributed by atoms with Crippen LogP contribution in [0.4, 0.5) is 0 Å². The summed E-state index contributed by atoms with van der Waals surface area (Å²) in [6.45, 7) is 9.55. The average Bonchev–Trinajstić information content (AvgIpc) is 2.33. The lowest BCUT2D eigenvalue weighted by Gasteiger charge is -2.26. The Hall–Kier alpha value is -1.48. The molecule has 0 heterocycles. The zero-order chi connectivity index (χ0) is 14.5. The minimum atomic E-state index is -0.0635. The van der Waals surface area contributed by atoms with Gasteiger partial charge in [-0.1, -0.05) is 32.9 Å². The van der Waals surface area contributed by atoms with Gasteiger partial charge < -0.3 is 14.6 Å². The van der Waals surface area contributed by atoms with Crippen molar-refractivity contribution in [2.24, 2.45) is 5.41 Å². The van der Waals surface area contributed by atoms with E-state index in [4.69, 9.17) is 9.47 Å². The number of benzene rings is 1. The van der Waals surface area contributed by atoms with Crippen LogP contribution in [0.1, 0.15) is 33.3 Å². The highest BCUT2D eigenvalue weighted by Gasteiger charge is 2.23. The highest BCUT2D eigenvalue weighted by Crippen LogP contribution is 2.34. The van der Waals surface area contributed by atoms with E-state index < -0.39 is 0 Å². The lowest BCUT2D eigenvalue weighted by atomic mass is 9.84. The molecule has 0 fully saturated rings. The van der Waals surface area contributed by atoms with Gasteiger partial charge in [-0.2, -0.15) is 0 Å². The van der Waals surface area contributed by atoms with Crippen molar-refractivity contribution in [2.45, 2.75) is 27.7 Å². The molecule has 0 spiro atoms. The molecular weight excluding hydrogens is 240 g/mol. The Kier molecular flexibility index (Phi) is 5.43. The van der Waals surface area contributed by atoms with E-state index in [2.05, 4.69) is 20.8 Å². The van der Waals surface area contributed by atoms with Crippen molar-refractivity contribution in [1.82, 2.24) is 0 Å². The molecular formula is C16H24O3. The molecule has 0 atom stereocenters. The van der Waals surface area contributed by atoms with Crippen LogP contribution in [0, 0.1) is 5.41 Å². The first-order chi connectivity index (χ1) is 8.90. The van der Waals surface area contributed by atoms with E-state index in [0.717, 1.165) is 16.9 Å². The van der Waals surface area contributed by atoms with E-state index in [0.29, 0.717) is 13.2 Å². The van der Waals surface area contributed by atoms with Gasteiger partial charge in [0, 0.05) is 17.7 Å². The fraction of sp³-hybridized carbons (Fsp3) is 0.500. The third kappa shape index (κ3) is 4.28. The Labute approximate surface area is 115 Å². The first kappa shape index (κ1) is 15.6. The molecule has 0 radical (unpaired) electrons. The van der Waals surface area contributed by atoms with Gasteiger partial charge in [-0.3, -0.25) is 0 Å². The molecule has 0 aliphatic carbocycles. The highest BCUT2D eigenvalue weighted by atomic mass is 16.5. The molecule has 19 heavy (non-hydrogen) atoms. The largest absolute Gasteiger partial charge is 0.508 e. The summed E-state index contributed by atoms with van der Waals surface area (Å²) >= 11 is 0. The quantitative estimate of drug-likeness (QED) is 0.821. The summed E-state index contributed by atoms with van der Waals surface area (Å²) < 4.78 is 11.1. The van der Waals surface area contributed by atoms with E-state index in [1.165, 1.54) is 0 Å². The van der Waals surface area contributed by atoms with Crippen molar-refractivity contribution in [3.63, 3.8) is 0 Å². The first-order valence-electron chi connectivity index (χ1n) is 6.55. The minimum absolute atomic E-state index is 0.0635. The van der Waals surface area contributed by atoms with Gasteiger partial charge in [0.25, 0.3) is 0 Å². The summed E-state index contributed by atoms with van der Waals surface area (Å²) in [6, 6.07) is 7.09. The lowest BCUT2D eigenvalue weighted by molar-refractivity contribution is 0.155.